The highest BCUT2D eigenvalue weighted by Gasteiger charge is 2.10. The number of nitrogens with one attached hydrogen (secondary N) is 1. The van der Waals surface area contributed by atoms with Crippen LogP contribution in [0.4, 0.5) is 0 Å². The van der Waals surface area contributed by atoms with Gasteiger partial charge in [0.1, 0.15) is 6.61 Å². The molecular weight excluding hydrogens is 270 g/mol. The Bertz CT molecular complexity index is 442. The van der Waals surface area contributed by atoms with Gasteiger partial charge in [-0.3, -0.25) is 9.69 Å². The summed E-state index contributed by atoms with van der Waals surface area (Å²) in [6.45, 7) is 8.78. The molecule has 0 radical (unpaired) electrons. The van der Waals surface area contributed by atoms with E-state index in [1.165, 1.54) is 0 Å². The lowest BCUT2D eigenvalue weighted by atomic mass is 10.2. The van der Waals surface area contributed by atoms with Crippen LogP contribution in [0.15, 0.2) is 18.3 Å². The van der Waals surface area contributed by atoms with Crippen molar-refractivity contribution in [3.8, 4) is 5.88 Å². The fraction of sp³-hybridized carbons (Fsp3) is 0.600. The fourth-order valence-corrected chi connectivity index (χ4v) is 2.05. The number of rotatable bonds is 6. The highest BCUT2D eigenvalue weighted by molar-refractivity contribution is 5.94. The Balaban J connectivity index is 1.75. The van der Waals surface area contributed by atoms with Gasteiger partial charge in [0.25, 0.3) is 5.91 Å². The molecule has 0 unspecified atom stereocenters. The summed E-state index contributed by atoms with van der Waals surface area (Å²) >= 11 is 0. The van der Waals surface area contributed by atoms with Crippen LogP contribution >= 0.6 is 0 Å². The van der Waals surface area contributed by atoms with Crippen LogP contribution < -0.4 is 10.1 Å². The second-order valence-electron chi connectivity index (χ2n) is 5.32. The van der Waals surface area contributed by atoms with Crippen LogP contribution in [0, 0.1) is 0 Å². The summed E-state index contributed by atoms with van der Waals surface area (Å²) in [6.07, 6.45) is 1.54. The number of aromatic nitrogens is 1. The van der Waals surface area contributed by atoms with E-state index in [2.05, 4.69) is 15.2 Å². The maximum absolute atomic E-state index is 11.8. The summed E-state index contributed by atoms with van der Waals surface area (Å²) in [5.41, 5.74) is 0.546. The molecule has 21 heavy (non-hydrogen) atoms. The van der Waals surface area contributed by atoms with E-state index in [0.717, 1.165) is 32.8 Å². The Morgan fingerprint density at radius 2 is 2.19 bits per heavy atom. The predicted octanol–water partition coefficient (Wildman–Crippen LogP) is 0.931. The average Bonchev–Trinajstić information content (AvgIpc) is 2.48. The van der Waals surface area contributed by atoms with Crippen LogP contribution in [0.1, 0.15) is 24.2 Å². The number of nitrogens with zero attached hydrogens (tertiary/aromatic N) is 2. The lowest BCUT2D eigenvalue weighted by Gasteiger charge is -2.26. The molecule has 2 rings (SSSR count). The van der Waals surface area contributed by atoms with Gasteiger partial charge in [-0.15, -0.1) is 0 Å². The summed E-state index contributed by atoms with van der Waals surface area (Å²) in [7, 11) is 0. The van der Waals surface area contributed by atoms with Crippen molar-refractivity contribution < 1.29 is 14.3 Å². The predicted molar refractivity (Wildman–Crippen MR) is 79.6 cm³/mol. The molecule has 0 saturated carbocycles. The number of hydrogen-bond acceptors (Lipinski definition) is 5. The molecule has 1 aromatic rings. The number of morpholine rings is 1. The molecule has 1 aromatic heterocycles. The Hall–Kier alpha value is -1.66. The molecule has 2 heterocycles. The first kappa shape index (κ1) is 15.7. The maximum atomic E-state index is 11.8. The first-order chi connectivity index (χ1) is 10.1. The van der Waals surface area contributed by atoms with Crippen LogP contribution in [0.25, 0.3) is 0 Å². The lowest BCUT2D eigenvalue weighted by molar-refractivity contribution is 0.0320. The minimum Gasteiger partial charge on any atom is -0.476 e. The van der Waals surface area contributed by atoms with E-state index in [1.54, 1.807) is 18.3 Å². The van der Waals surface area contributed by atoms with E-state index < -0.39 is 0 Å². The zero-order chi connectivity index (χ0) is 15.1. The van der Waals surface area contributed by atoms with E-state index in [1.807, 2.05) is 13.8 Å². The van der Waals surface area contributed by atoms with Gasteiger partial charge in [0, 0.05) is 37.9 Å². The molecule has 0 bridgehead atoms. The summed E-state index contributed by atoms with van der Waals surface area (Å²) < 4.78 is 10.9. The number of hydrogen-bond donors (Lipinski definition) is 1. The van der Waals surface area contributed by atoms with Crippen LogP contribution in [0.2, 0.25) is 0 Å². The number of amides is 1. The summed E-state index contributed by atoms with van der Waals surface area (Å²) in [4.78, 5) is 18.2. The molecular formula is C15H23N3O3. The smallest absolute Gasteiger partial charge is 0.253 e. The molecule has 6 nitrogen and oxygen atoms in total. The average molecular weight is 293 g/mol. The number of ether oxygens (including phenoxy) is 2. The van der Waals surface area contributed by atoms with Crippen LogP contribution in [-0.4, -0.2) is 61.3 Å². The zero-order valence-electron chi connectivity index (χ0n) is 12.7. The molecule has 1 saturated heterocycles. The lowest BCUT2D eigenvalue weighted by Crippen LogP contribution is -2.38. The highest BCUT2D eigenvalue weighted by Crippen LogP contribution is 2.08. The topological polar surface area (TPSA) is 63.7 Å². The highest BCUT2D eigenvalue weighted by atomic mass is 16.5. The van der Waals surface area contributed by atoms with Crippen molar-refractivity contribution >= 4 is 5.91 Å². The molecule has 116 valence electrons. The third kappa shape index (κ3) is 5.32. The van der Waals surface area contributed by atoms with Crippen molar-refractivity contribution in [1.29, 1.82) is 0 Å². The monoisotopic (exact) mass is 293 g/mol. The normalized spacial score (nSPS) is 16.0. The Kier molecular flexibility index (Phi) is 5.95. The quantitative estimate of drug-likeness (QED) is 0.845. The van der Waals surface area contributed by atoms with Gasteiger partial charge in [-0.2, -0.15) is 0 Å². The Morgan fingerprint density at radius 3 is 2.81 bits per heavy atom. The molecule has 1 fully saturated rings. The van der Waals surface area contributed by atoms with Crippen molar-refractivity contribution in [3.05, 3.63) is 23.9 Å². The van der Waals surface area contributed by atoms with Crippen LogP contribution in [0.3, 0.4) is 0 Å². The van der Waals surface area contributed by atoms with Crippen molar-refractivity contribution in [3.63, 3.8) is 0 Å². The number of pyridine rings is 1. The molecule has 0 aliphatic carbocycles. The second-order valence-corrected chi connectivity index (χ2v) is 5.32. The largest absolute Gasteiger partial charge is 0.476 e. The SMILES string of the molecule is CC(C)NC(=O)c1ccc(OCCN2CCOCC2)nc1. The van der Waals surface area contributed by atoms with Crippen molar-refractivity contribution in [1.82, 2.24) is 15.2 Å². The first-order valence-corrected chi connectivity index (χ1v) is 7.35. The van der Waals surface area contributed by atoms with Gasteiger partial charge in [0.15, 0.2) is 0 Å². The van der Waals surface area contributed by atoms with Gasteiger partial charge in [-0.1, -0.05) is 0 Å². The molecule has 1 aliphatic heterocycles. The first-order valence-electron chi connectivity index (χ1n) is 7.35. The second kappa shape index (κ2) is 7.95. The molecule has 1 aliphatic rings. The van der Waals surface area contributed by atoms with Gasteiger partial charge in [0.05, 0.1) is 18.8 Å². The maximum Gasteiger partial charge on any atom is 0.253 e. The summed E-state index contributed by atoms with van der Waals surface area (Å²) in [6, 6.07) is 3.57. The van der Waals surface area contributed by atoms with Crippen molar-refractivity contribution in [2.24, 2.45) is 0 Å². The molecule has 6 heteroatoms. The summed E-state index contributed by atoms with van der Waals surface area (Å²) in [5, 5.41) is 2.83. The molecule has 0 aromatic carbocycles. The molecule has 0 atom stereocenters. The molecule has 0 spiro atoms. The van der Waals surface area contributed by atoms with E-state index in [4.69, 9.17) is 9.47 Å². The number of carbonyl (C=O) groups excluding carboxylic acids is 1. The standard InChI is InChI=1S/C15H23N3O3/c1-12(2)17-15(19)13-3-4-14(16-11-13)21-10-7-18-5-8-20-9-6-18/h3-4,11-12H,5-10H2,1-2H3,(H,17,19). The van der Waals surface area contributed by atoms with Crippen LogP contribution in [-0.2, 0) is 4.74 Å². The Labute approximate surface area is 125 Å². The van der Waals surface area contributed by atoms with Crippen LogP contribution in [0.5, 0.6) is 5.88 Å². The zero-order valence-corrected chi connectivity index (χ0v) is 12.7. The Morgan fingerprint density at radius 1 is 1.43 bits per heavy atom. The van der Waals surface area contributed by atoms with Gasteiger partial charge in [0.2, 0.25) is 5.88 Å². The van der Waals surface area contributed by atoms with Gasteiger partial charge >= 0.3 is 0 Å². The number of carbonyl (C=O) groups is 1. The van der Waals surface area contributed by atoms with Gasteiger partial charge < -0.3 is 14.8 Å². The minimum atomic E-state index is -0.114. The molecule has 1 N–H and O–H groups in total. The van der Waals surface area contributed by atoms with E-state index >= 15 is 0 Å². The third-order valence-electron chi connectivity index (χ3n) is 3.18. The van der Waals surface area contributed by atoms with E-state index in [-0.39, 0.29) is 11.9 Å². The van der Waals surface area contributed by atoms with E-state index in [0.29, 0.717) is 18.1 Å². The van der Waals surface area contributed by atoms with Crippen molar-refractivity contribution in [2.45, 2.75) is 19.9 Å². The van der Waals surface area contributed by atoms with Gasteiger partial charge in [-0.05, 0) is 19.9 Å². The molecule has 1 amide bonds. The van der Waals surface area contributed by atoms with E-state index in [9.17, 15) is 4.79 Å². The third-order valence-corrected chi connectivity index (χ3v) is 3.18. The minimum absolute atomic E-state index is 0.113. The summed E-state index contributed by atoms with van der Waals surface area (Å²) in [5.74, 6) is 0.432. The van der Waals surface area contributed by atoms with Crippen molar-refractivity contribution in [2.75, 3.05) is 39.5 Å². The fourth-order valence-electron chi connectivity index (χ4n) is 2.05. The van der Waals surface area contributed by atoms with Gasteiger partial charge in [-0.25, -0.2) is 4.98 Å².